The van der Waals surface area contributed by atoms with Crippen molar-refractivity contribution in [2.75, 3.05) is 19.8 Å². The molecule has 3 heterocycles. The molecule has 0 saturated carbocycles. The first-order chi connectivity index (χ1) is 41.4. The number of aliphatic hydroxyl groups excluding tert-OH is 2. The molecular formula is C66H74O19. The summed E-state index contributed by atoms with van der Waals surface area (Å²) in [5, 5.41) is 25.2. The van der Waals surface area contributed by atoms with Gasteiger partial charge in [0.1, 0.15) is 61.5 Å². The summed E-state index contributed by atoms with van der Waals surface area (Å²) in [6.07, 6.45) is -21.2. The molecule has 19 nitrogen and oxygen atoms in total. The van der Waals surface area contributed by atoms with Crippen molar-refractivity contribution in [1.82, 2.24) is 0 Å². The number of rotatable bonds is 28. The van der Waals surface area contributed by atoms with Crippen molar-refractivity contribution in [3.05, 3.63) is 215 Å². The Bertz CT molecular complexity index is 2910. The molecule has 0 aromatic heterocycles. The van der Waals surface area contributed by atoms with Crippen molar-refractivity contribution >= 4 is 17.9 Å². The first-order valence-electron chi connectivity index (χ1n) is 28.4. The quantitative estimate of drug-likeness (QED) is 0.0359. The van der Waals surface area contributed by atoms with E-state index in [0.29, 0.717) is 0 Å². The van der Waals surface area contributed by atoms with E-state index in [1.807, 2.05) is 182 Å². The second kappa shape index (κ2) is 32.1. The van der Waals surface area contributed by atoms with Gasteiger partial charge in [-0.15, -0.1) is 0 Å². The monoisotopic (exact) mass is 1170 g/mol. The van der Waals surface area contributed by atoms with Crippen LogP contribution in [0.4, 0.5) is 0 Å². The van der Waals surface area contributed by atoms with Crippen LogP contribution in [0.5, 0.6) is 0 Å². The number of aliphatic hydroxyl groups is 2. The van der Waals surface area contributed by atoms with Gasteiger partial charge in [0.2, 0.25) is 0 Å². The van der Waals surface area contributed by atoms with Gasteiger partial charge in [0.25, 0.3) is 0 Å². The van der Waals surface area contributed by atoms with Crippen molar-refractivity contribution in [3.8, 4) is 0 Å². The van der Waals surface area contributed by atoms with Gasteiger partial charge in [-0.05, 0) is 33.4 Å². The van der Waals surface area contributed by atoms with Crippen LogP contribution in [0.25, 0.3) is 0 Å². The standard InChI is InChI=1S/C66H74O19/c1-43(67)74-42-54-58(79-44(2)68)61(80-45(3)69)63(85-65-59(77-38-50-30-18-8-19-31-50)55(70)56(75-36-48-26-14-6-15-27-48)52(82-65)40-72-34-46-22-10-4-11-23-46)66(83-54)84-62-60(78-39-51-32-20-9-21-33-51)57(76-37-49-28-16-7-17-29-49)53(81-64(62)71)41-73-35-47-24-12-5-13-25-47/h4-33,52-66,70-71H,34-42H2,1-3H3/t52-,53-,54-,55+,56-,57-,58-,59+,60+,61+,62+,63+,64+,65-,66-/m1/s1. The molecule has 452 valence electrons. The Hall–Kier alpha value is -6.79. The van der Waals surface area contributed by atoms with Gasteiger partial charge in [0.05, 0.1) is 52.9 Å². The van der Waals surface area contributed by atoms with Crippen LogP contribution in [-0.4, -0.2) is 140 Å². The molecule has 3 aliphatic heterocycles. The molecule has 0 unspecified atom stereocenters. The number of hydrogen-bond donors (Lipinski definition) is 2. The highest BCUT2D eigenvalue weighted by Gasteiger charge is 2.58. The molecule has 2 N–H and O–H groups in total. The molecule has 0 aliphatic carbocycles. The average molecular weight is 1170 g/mol. The van der Waals surface area contributed by atoms with E-state index in [4.69, 9.17) is 66.3 Å². The minimum absolute atomic E-state index is 0.00147. The molecule has 3 fully saturated rings. The summed E-state index contributed by atoms with van der Waals surface area (Å²) in [5.41, 5.74) is 4.94. The summed E-state index contributed by atoms with van der Waals surface area (Å²) < 4.78 is 91.0. The topological polar surface area (TPSA) is 221 Å². The van der Waals surface area contributed by atoms with Gasteiger partial charge in [-0.1, -0.05) is 182 Å². The Morgan fingerprint density at radius 2 is 0.694 bits per heavy atom. The fourth-order valence-corrected chi connectivity index (χ4v) is 10.3. The largest absolute Gasteiger partial charge is 0.463 e. The van der Waals surface area contributed by atoms with Crippen LogP contribution < -0.4 is 0 Å². The third-order valence-corrected chi connectivity index (χ3v) is 14.4. The number of carbonyl (C=O) groups is 3. The van der Waals surface area contributed by atoms with Gasteiger partial charge < -0.3 is 76.5 Å². The summed E-state index contributed by atoms with van der Waals surface area (Å²) in [7, 11) is 0. The first kappa shape index (κ1) is 62.7. The lowest BCUT2D eigenvalue weighted by atomic mass is 9.95. The van der Waals surface area contributed by atoms with Crippen LogP contribution in [-0.2, 0) is 120 Å². The Labute approximate surface area is 494 Å². The van der Waals surface area contributed by atoms with Crippen LogP contribution >= 0.6 is 0 Å². The Balaban J connectivity index is 1.11. The van der Waals surface area contributed by atoms with E-state index in [0.717, 1.165) is 47.2 Å². The summed E-state index contributed by atoms with van der Waals surface area (Å²) in [4.78, 5) is 39.2. The molecule has 3 saturated heterocycles. The highest BCUT2D eigenvalue weighted by Crippen LogP contribution is 2.38. The van der Waals surface area contributed by atoms with Crippen molar-refractivity contribution < 1.29 is 90.9 Å². The highest BCUT2D eigenvalue weighted by atomic mass is 16.8. The number of carbonyl (C=O) groups excluding carboxylic acids is 3. The molecule has 19 heteroatoms. The third kappa shape index (κ3) is 18.4. The number of benzene rings is 6. The zero-order valence-electron chi connectivity index (χ0n) is 47.7. The predicted molar refractivity (Wildman–Crippen MR) is 304 cm³/mol. The maximum atomic E-state index is 13.5. The Morgan fingerprint density at radius 1 is 0.353 bits per heavy atom. The van der Waals surface area contributed by atoms with Gasteiger partial charge >= 0.3 is 17.9 Å². The second-order valence-electron chi connectivity index (χ2n) is 20.8. The van der Waals surface area contributed by atoms with Crippen molar-refractivity contribution in [3.63, 3.8) is 0 Å². The molecule has 0 bridgehead atoms. The van der Waals surface area contributed by atoms with E-state index in [1.54, 1.807) is 0 Å². The van der Waals surface area contributed by atoms with Crippen LogP contribution in [0.15, 0.2) is 182 Å². The lowest BCUT2D eigenvalue weighted by Gasteiger charge is -2.50. The van der Waals surface area contributed by atoms with Gasteiger partial charge in [-0.25, -0.2) is 0 Å². The Morgan fingerprint density at radius 3 is 1.12 bits per heavy atom. The fourth-order valence-electron chi connectivity index (χ4n) is 10.3. The maximum Gasteiger partial charge on any atom is 0.303 e. The summed E-state index contributed by atoms with van der Waals surface area (Å²) >= 11 is 0. The first-order valence-corrected chi connectivity index (χ1v) is 28.4. The number of hydrogen-bond acceptors (Lipinski definition) is 19. The second-order valence-corrected chi connectivity index (χ2v) is 20.8. The third-order valence-electron chi connectivity index (χ3n) is 14.4. The van der Waals surface area contributed by atoms with Gasteiger partial charge in [-0.3, -0.25) is 14.4 Å². The summed E-state index contributed by atoms with van der Waals surface area (Å²) in [5.74, 6) is -2.37. The summed E-state index contributed by atoms with van der Waals surface area (Å²) in [6.45, 7) is 3.24. The van der Waals surface area contributed by atoms with E-state index in [2.05, 4.69) is 0 Å². The van der Waals surface area contributed by atoms with E-state index >= 15 is 0 Å². The van der Waals surface area contributed by atoms with E-state index < -0.39 is 117 Å². The molecule has 0 amide bonds. The molecular weight excluding hydrogens is 1100 g/mol. The van der Waals surface area contributed by atoms with Crippen LogP contribution in [0.2, 0.25) is 0 Å². The van der Waals surface area contributed by atoms with Crippen LogP contribution in [0.3, 0.4) is 0 Å². The molecule has 9 rings (SSSR count). The minimum Gasteiger partial charge on any atom is -0.463 e. The molecule has 85 heavy (non-hydrogen) atoms. The SMILES string of the molecule is CC(=O)OC[C@H]1O[C@H](O[C@H]2[C@@H](OCc3ccccc3)[C@H](OCc3ccccc3)[C@@H](COCc3ccccc3)O[C@@H]2O)[C@@H](O[C@H]2O[C@H](COCc3ccccc3)[C@@H](OCc3ccccc3)[C@H](O)[C@@H]2OCc2ccccc2)[C@@H](OC(C)=O)[C@@H]1OC(C)=O. The predicted octanol–water partition coefficient (Wildman–Crippen LogP) is 7.49. The van der Waals surface area contributed by atoms with Gasteiger partial charge in [0, 0.05) is 20.8 Å². The fraction of sp³-hybridized carbons (Fsp3) is 0.409. The van der Waals surface area contributed by atoms with Crippen LogP contribution in [0, 0.1) is 0 Å². The molecule has 6 aromatic rings. The van der Waals surface area contributed by atoms with Gasteiger partial charge in [0.15, 0.2) is 37.2 Å². The average Bonchev–Trinajstić information content (AvgIpc) is 3.60. The summed E-state index contributed by atoms with van der Waals surface area (Å²) in [6, 6.07) is 56.6. The van der Waals surface area contributed by atoms with Gasteiger partial charge in [-0.2, -0.15) is 0 Å². The van der Waals surface area contributed by atoms with Crippen LogP contribution in [0.1, 0.15) is 54.2 Å². The van der Waals surface area contributed by atoms with E-state index in [1.165, 1.54) is 6.92 Å². The normalized spacial score (nSPS) is 27.6. The lowest BCUT2D eigenvalue weighted by Crippen LogP contribution is -2.68. The Kier molecular flexibility index (Phi) is 23.7. The maximum absolute atomic E-state index is 13.5. The highest BCUT2D eigenvalue weighted by molar-refractivity contribution is 5.68. The minimum atomic E-state index is -1.81. The smallest absolute Gasteiger partial charge is 0.303 e. The molecule has 6 aromatic carbocycles. The van der Waals surface area contributed by atoms with Crippen molar-refractivity contribution in [1.29, 1.82) is 0 Å². The molecule has 15 atom stereocenters. The lowest BCUT2D eigenvalue weighted by molar-refractivity contribution is -0.397. The van der Waals surface area contributed by atoms with E-state index in [-0.39, 0.29) is 52.9 Å². The molecule has 0 radical (unpaired) electrons. The van der Waals surface area contributed by atoms with Crippen molar-refractivity contribution in [2.45, 2.75) is 153 Å². The molecule has 3 aliphatic rings. The van der Waals surface area contributed by atoms with E-state index in [9.17, 15) is 24.6 Å². The zero-order chi connectivity index (χ0) is 59.3. The number of esters is 3. The zero-order valence-corrected chi connectivity index (χ0v) is 47.7. The number of ether oxygens (including phenoxy) is 14. The molecule has 0 spiro atoms. The van der Waals surface area contributed by atoms with Crippen molar-refractivity contribution in [2.24, 2.45) is 0 Å².